The van der Waals surface area contributed by atoms with Crippen molar-refractivity contribution >= 4 is 23.4 Å². The SMILES string of the molecule is N=CC(=CN)c1ccc(CNC2CC2)c(Cl)c1. The topological polar surface area (TPSA) is 61.9 Å². The molecule has 17 heavy (non-hydrogen) atoms. The van der Waals surface area contributed by atoms with E-state index >= 15 is 0 Å². The van der Waals surface area contributed by atoms with Gasteiger partial charge in [0, 0.05) is 35.6 Å². The first-order valence-corrected chi connectivity index (χ1v) is 6.07. The number of hydrogen-bond acceptors (Lipinski definition) is 3. The lowest BCUT2D eigenvalue weighted by Gasteiger charge is -2.08. The summed E-state index contributed by atoms with van der Waals surface area (Å²) in [5.74, 6) is 0. The average molecular weight is 250 g/mol. The fourth-order valence-corrected chi connectivity index (χ4v) is 1.89. The van der Waals surface area contributed by atoms with E-state index in [-0.39, 0.29) is 0 Å². The second-order valence-electron chi connectivity index (χ2n) is 4.23. The molecular weight excluding hydrogens is 234 g/mol. The summed E-state index contributed by atoms with van der Waals surface area (Å²) in [6, 6.07) is 6.46. The Labute approximate surface area is 106 Å². The van der Waals surface area contributed by atoms with Gasteiger partial charge in [0.2, 0.25) is 0 Å². The van der Waals surface area contributed by atoms with Gasteiger partial charge in [-0.2, -0.15) is 0 Å². The normalized spacial score (nSPS) is 15.9. The van der Waals surface area contributed by atoms with Crippen LogP contribution in [0.1, 0.15) is 24.0 Å². The minimum absolute atomic E-state index is 0.673. The number of rotatable bonds is 5. The Morgan fingerprint density at radius 2 is 2.29 bits per heavy atom. The van der Waals surface area contributed by atoms with Gasteiger partial charge in [0.15, 0.2) is 0 Å². The lowest BCUT2D eigenvalue weighted by molar-refractivity contribution is 0.688. The van der Waals surface area contributed by atoms with Crippen molar-refractivity contribution in [2.75, 3.05) is 0 Å². The van der Waals surface area contributed by atoms with Gasteiger partial charge in [-0.05, 0) is 30.0 Å². The second-order valence-corrected chi connectivity index (χ2v) is 4.63. The molecule has 0 saturated heterocycles. The predicted molar refractivity (Wildman–Crippen MR) is 72.3 cm³/mol. The van der Waals surface area contributed by atoms with Crippen molar-refractivity contribution < 1.29 is 0 Å². The fraction of sp³-hybridized carbons (Fsp3) is 0.308. The summed E-state index contributed by atoms with van der Waals surface area (Å²) in [6.45, 7) is 0.802. The van der Waals surface area contributed by atoms with E-state index < -0.39 is 0 Å². The Hall–Kier alpha value is -1.32. The quantitative estimate of drug-likeness (QED) is 0.703. The molecule has 0 spiro atoms. The molecule has 1 aliphatic carbocycles. The summed E-state index contributed by atoms with van der Waals surface area (Å²) in [7, 11) is 0. The van der Waals surface area contributed by atoms with Gasteiger partial charge < -0.3 is 16.5 Å². The molecule has 0 heterocycles. The summed E-state index contributed by atoms with van der Waals surface area (Å²) in [5, 5.41) is 11.4. The molecular formula is C13H16ClN3. The first-order valence-electron chi connectivity index (χ1n) is 5.69. The number of benzene rings is 1. The van der Waals surface area contributed by atoms with E-state index in [0.29, 0.717) is 11.6 Å². The van der Waals surface area contributed by atoms with Gasteiger partial charge in [-0.15, -0.1) is 0 Å². The summed E-state index contributed by atoms with van der Waals surface area (Å²) in [6.07, 6.45) is 5.18. The molecule has 0 amide bonds. The van der Waals surface area contributed by atoms with E-state index in [1.807, 2.05) is 18.2 Å². The predicted octanol–water partition coefficient (Wildman–Crippen LogP) is 2.54. The Kier molecular flexibility index (Phi) is 3.82. The molecule has 1 saturated carbocycles. The highest BCUT2D eigenvalue weighted by Gasteiger charge is 2.20. The van der Waals surface area contributed by atoms with E-state index in [0.717, 1.165) is 22.7 Å². The summed E-state index contributed by atoms with van der Waals surface area (Å²) < 4.78 is 0. The average Bonchev–Trinajstić information content (AvgIpc) is 3.13. The summed E-state index contributed by atoms with van der Waals surface area (Å²) in [5.41, 5.74) is 8.08. The Bertz CT molecular complexity index is 450. The Morgan fingerprint density at radius 3 is 2.82 bits per heavy atom. The van der Waals surface area contributed by atoms with Crippen LogP contribution in [-0.2, 0) is 6.54 Å². The number of nitrogens with two attached hydrogens (primary N) is 1. The lowest BCUT2D eigenvalue weighted by atomic mass is 10.1. The maximum Gasteiger partial charge on any atom is 0.0457 e. The van der Waals surface area contributed by atoms with Crippen LogP contribution in [-0.4, -0.2) is 12.3 Å². The molecule has 0 bridgehead atoms. The molecule has 0 unspecified atom stereocenters. The van der Waals surface area contributed by atoms with Crippen molar-refractivity contribution in [1.29, 1.82) is 5.41 Å². The van der Waals surface area contributed by atoms with E-state index in [1.54, 1.807) is 0 Å². The van der Waals surface area contributed by atoms with Crippen LogP contribution in [0.2, 0.25) is 5.02 Å². The number of hydrogen-bond donors (Lipinski definition) is 3. The maximum atomic E-state index is 7.24. The van der Waals surface area contributed by atoms with Crippen molar-refractivity contribution in [2.45, 2.75) is 25.4 Å². The molecule has 0 aromatic heterocycles. The second kappa shape index (κ2) is 5.34. The zero-order chi connectivity index (χ0) is 12.3. The van der Waals surface area contributed by atoms with Crippen molar-refractivity contribution in [2.24, 2.45) is 5.73 Å². The minimum atomic E-state index is 0.673. The Morgan fingerprint density at radius 1 is 1.53 bits per heavy atom. The van der Waals surface area contributed by atoms with Crippen molar-refractivity contribution in [3.05, 3.63) is 40.5 Å². The smallest absolute Gasteiger partial charge is 0.0457 e. The molecule has 1 fully saturated rings. The molecule has 2 rings (SSSR count). The molecule has 1 aromatic rings. The number of nitrogens with one attached hydrogen (secondary N) is 2. The molecule has 90 valence electrons. The van der Waals surface area contributed by atoms with E-state index in [9.17, 15) is 0 Å². The monoisotopic (exact) mass is 249 g/mol. The molecule has 4 heteroatoms. The molecule has 1 aliphatic rings. The largest absolute Gasteiger partial charge is 0.404 e. The van der Waals surface area contributed by atoms with Crippen LogP contribution in [0.3, 0.4) is 0 Å². The van der Waals surface area contributed by atoms with Crippen LogP contribution in [0, 0.1) is 5.41 Å². The maximum absolute atomic E-state index is 7.24. The summed E-state index contributed by atoms with van der Waals surface area (Å²) >= 11 is 6.21. The van der Waals surface area contributed by atoms with Crippen LogP contribution in [0.5, 0.6) is 0 Å². The van der Waals surface area contributed by atoms with Crippen molar-refractivity contribution in [3.63, 3.8) is 0 Å². The molecule has 4 N–H and O–H groups in total. The minimum Gasteiger partial charge on any atom is -0.404 e. The van der Waals surface area contributed by atoms with Crippen LogP contribution < -0.4 is 11.1 Å². The van der Waals surface area contributed by atoms with Gasteiger partial charge in [0.25, 0.3) is 0 Å². The molecule has 0 atom stereocenters. The highest BCUT2D eigenvalue weighted by Crippen LogP contribution is 2.24. The molecule has 0 aliphatic heterocycles. The van der Waals surface area contributed by atoms with Crippen LogP contribution in [0.15, 0.2) is 24.4 Å². The summed E-state index contributed by atoms with van der Waals surface area (Å²) in [4.78, 5) is 0. The van der Waals surface area contributed by atoms with Gasteiger partial charge in [0.1, 0.15) is 0 Å². The third-order valence-electron chi connectivity index (χ3n) is 2.88. The van der Waals surface area contributed by atoms with Gasteiger partial charge in [-0.1, -0.05) is 23.7 Å². The molecule has 0 radical (unpaired) electrons. The van der Waals surface area contributed by atoms with Crippen LogP contribution in [0.25, 0.3) is 5.57 Å². The van der Waals surface area contributed by atoms with Gasteiger partial charge in [0.05, 0.1) is 0 Å². The van der Waals surface area contributed by atoms with E-state index in [4.69, 9.17) is 22.7 Å². The highest BCUT2D eigenvalue weighted by atomic mass is 35.5. The van der Waals surface area contributed by atoms with Crippen LogP contribution in [0.4, 0.5) is 0 Å². The number of allylic oxidation sites excluding steroid dienone is 1. The van der Waals surface area contributed by atoms with Crippen molar-refractivity contribution in [3.8, 4) is 0 Å². The van der Waals surface area contributed by atoms with E-state index in [1.165, 1.54) is 25.3 Å². The highest BCUT2D eigenvalue weighted by molar-refractivity contribution is 6.31. The molecule has 3 nitrogen and oxygen atoms in total. The first kappa shape index (κ1) is 12.1. The zero-order valence-corrected chi connectivity index (χ0v) is 10.3. The van der Waals surface area contributed by atoms with E-state index in [2.05, 4.69) is 5.32 Å². The zero-order valence-electron chi connectivity index (χ0n) is 9.54. The van der Waals surface area contributed by atoms with Crippen LogP contribution >= 0.6 is 11.6 Å². The standard InChI is InChI=1S/C13H16ClN3/c14-13-5-9(11(6-15)7-16)1-2-10(13)8-17-12-3-4-12/h1-2,5-7,12,15,17H,3-4,8,16H2. The van der Waals surface area contributed by atoms with Gasteiger partial charge in [-0.25, -0.2) is 0 Å². The Balaban J connectivity index is 2.12. The lowest BCUT2D eigenvalue weighted by Crippen LogP contribution is -2.15. The fourth-order valence-electron chi connectivity index (χ4n) is 1.64. The van der Waals surface area contributed by atoms with Gasteiger partial charge in [-0.3, -0.25) is 0 Å². The van der Waals surface area contributed by atoms with Gasteiger partial charge >= 0.3 is 0 Å². The van der Waals surface area contributed by atoms with Crippen molar-refractivity contribution in [1.82, 2.24) is 5.32 Å². The third kappa shape index (κ3) is 3.08. The third-order valence-corrected chi connectivity index (χ3v) is 3.23. The first-order chi connectivity index (χ1) is 8.24. The molecule has 1 aromatic carbocycles. The number of halogens is 1.